The first kappa shape index (κ1) is 22.7. The number of hydroxylamine groups is 1. The van der Waals surface area contributed by atoms with Crippen molar-refractivity contribution in [3.05, 3.63) is 59.0 Å². The van der Waals surface area contributed by atoms with Gasteiger partial charge in [0, 0.05) is 42.8 Å². The van der Waals surface area contributed by atoms with Crippen LogP contribution in [0.15, 0.2) is 42.7 Å². The highest BCUT2D eigenvalue weighted by Gasteiger charge is 2.14. The predicted molar refractivity (Wildman–Crippen MR) is 116 cm³/mol. The van der Waals surface area contributed by atoms with Crippen molar-refractivity contribution in [2.24, 2.45) is 0 Å². The zero-order valence-electron chi connectivity index (χ0n) is 16.8. The maximum atomic E-state index is 12.0. The summed E-state index contributed by atoms with van der Waals surface area (Å²) < 4.78 is 5.37. The largest absolute Gasteiger partial charge is 0.367 e. The van der Waals surface area contributed by atoms with Crippen LogP contribution in [0.3, 0.4) is 0 Å². The molecule has 1 aromatic heterocycles. The molecule has 164 valence electrons. The fraction of sp³-hybridized carbons (Fsp3) is 0.333. The summed E-state index contributed by atoms with van der Waals surface area (Å²) in [6.45, 7) is 1.53. The zero-order chi connectivity index (χ0) is 21.9. The van der Waals surface area contributed by atoms with Gasteiger partial charge in [-0.25, -0.2) is 15.3 Å². The number of ether oxygens (including phenoxy) is 1. The number of hydrogen-bond acceptors (Lipinski definition) is 7. The van der Waals surface area contributed by atoms with Crippen molar-refractivity contribution in [1.29, 1.82) is 0 Å². The molecular weight excluding hydrogens is 422 g/mol. The number of aromatic nitrogens is 2. The van der Waals surface area contributed by atoms with Gasteiger partial charge in [-0.05, 0) is 43.2 Å². The number of halogens is 1. The summed E-state index contributed by atoms with van der Waals surface area (Å²) in [5, 5.41) is 6.44. The monoisotopic (exact) mass is 445 g/mol. The summed E-state index contributed by atoms with van der Waals surface area (Å²) in [5.74, 6) is -0.0305. The van der Waals surface area contributed by atoms with E-state index in [4.69, 9.17) is 21.2 Å². The summed E-state index contributed by atoms with van der Waals surface area (Å²) in [7, 11) is 0. The van der Waals surface area contributed by atoms with E-state index in [2.05, 4.69) is 26.1 Å². The number of carbonyl (C=O) groups excluding carboxylic acids is 2. The molecule has 1 aromatic carbocycles. The molecule has 1 saturated heterocycles. The number of carbonyl (C=O) groups is 2. The van der Waals surface area contributed by atoms with Crippen LogP contribution in [-0.2, 0) is 14.4 Å². The molecule has 0 saturated carbocycles. The predicted octanol–water partition coefficient (Wildman–Crippen LogP) is 2.56. The lowest BCUT2D eigenvalue weighted by atomic mass is 10.2. The molecular formula is C21H24ClN5O4. The van der Waals surface area contributed by atoms with E-state index in [0.717, 1.165) is 19.3 Å². The first-order valence-corrected chi connectivity index (χ1v) is 10.3. The fourth-order valence-corrected chi connectivity index (χ4v) is 2.83. The Morgan fingerprint density at radius 3 is 2.71 bits per heavy atom. The smallest absolute Gasteiger partial charge is 0.267 e. The molecule has 3 rings (SSSR count). The Bertz CT molecular complexity index is 884. The Hall–Kier alpha value is -3.01. The van der Waals surface area contributed by atoms with E-state index in [-0.39, 0.29) is 5.91 Å². The molecule has 1 aliphatic heterocycles. The normalized spacial score (nSPS) is 16.1. The van der Waals surface area contributed by atoms with Crippen molar-refractivity contribution >= 4 is 35.3 Å². The van der Waals surface area contributed by atoms with Gasteiger partial charge in [0.1, 0.15) is 5.82 Å². The molecule has 2 amide bonds. The van der Waals surface area contributed by atoms with Gasteiger partial charge in [0.05, 0.1) is 18.1 Å². The third-order valence-corrected chi connectivity index (χ3v) is 4.58. The number of benzene rings is 1. The van der Waals surface area contributed by atoms with Crippen molar-refractivity contribution in [3.8, 4) is 0 Å². The SMILES string of the molecule is O=C(C=Cc1cnc(NCCNC(=O)c2ccc(Cl)cc2)cn1)NOC1CCCCO1. The maximum Gasteiger partial charge on any atom is 0.267 e. The van der Waals surface area contributed by atoms with Gasteiger partial charge in [-0.3, -0.25) is 14.6 Å². The lowest BCUT2D eigenvalue weighted by Gasteiger charge is -2.21. The van der Waals surface area contributed by atoms with Crippen molar-refractivity contribution in [2.45, 2.75) is 25.6 Å². The summed E-state index contributed by atoms with van der Waals surface area (Å²) in [6.07, 6.45) is 8.31. The van der Waals surface area contributed by atoms with E-state index < -0.39 is 12.2 Å². The van der Waals surface area contributed by atoms with Crippen molar-refractivity contribution < 1.29 is 19.2 Å². The third kappa shape index (κ3) is 7.97. The van der Waals surface area contributed by atoms with Crippen molar-refractivity contribution in [3.63, 3.8) is 0 Å². The summed E-state index contributed by atoms with van der Waals surface area (Å²) in [5.41, 5.74) is 3.40. The molecule has 1 aliphatic rings. The molecule has 0 bridgehead atoms. The minimum atomic E-state index is -0.408. The number of amides is 2. The van der Waals surface area contributed by atoms with Crippen LogP contribution in [0, 0.1) is 0 Å². The summed E-state index contributed by atoms with van der Waals surface area (Å²) in [4.78, 5) is 37.4. The second-order valence-corrected chi connectivity index (χ2v) is 7.17. The molecule has 0 radical (unpaired) electrons. The minimum absolute atomic E-state index is 0.178. The van der Waals surface area contributed by atoms with Gasteiger partial charge >= 0.3 is 0 Å². The summed E-state index contributed by atoms with van der Waals surface area (Å²) >= 11 is 5.81. The number of hydrogen-bond donors (Lipinski definition) is 3. The molecule has 3 N–H and O–H groups in total. The van der Waals surface area contributed by atoms with Gasteiger partial charge in [0.15, 0.2) is 6.29 Å². The maximum absolute atomic E-state index is 12.0. The van der Waals surface area contributed by atoms with Gasteiger partial charge in [0.25, 0.3) is 11.8 Å². The first-order chi connectivity index (χ1) is 15.1. The molecule has 2 aromatic rings. The van der Waals surface area contributed by atoms with E-state index in [0.29, 0.717) is 41.8 Å². The van der Waals surface area contributed by atoms with Crippen LogP contribution in [-0.4, -0.2) is 47.8 Å². The second-order valence-electron chi connectivity index (χ2n) is 6.73. The minimum Gasteiger partial charge on any atom is -0.367 e. The van der Waals surface area contributed by atoms with Crippen molar-refractivity contribution in [2.75, 3.05) is 25.0 Å². The quantitative estimate of drug-likeness (QED) is 0.308. The molecule has 1 fully saturated rings. The highest BCUT2D eigenvalue weighted by Crippen LogP contribution is 2.12. The van der Waals surface area contributed by atoms with E-state index in [1.165, 1.54) is 18.3 Å². The van der Waals surface area contributed by atoms with Gasteiger partial charge in [0.2, 0.25) is 0 Å². The standard InChI is InChI=1S/C21H24ClN5O4/c22-16-6-4-15(5-7-16)21(29)24-11-10-23-18-14-25-17(13-26-18)8-9-19(28)27-31-20-3-1-2-12-30-20/h4-9,13-14,20H,1-3,10-12H2,(H,23,26)(H,24,29)(H,27,28). The zero-order valence-corrected chi connectivity index (χ0v) is 17.6. The van der Waals surface area contributed by atoms with Crippen LogP contribution in [0.2, 0.25) is 5.02 Å². The van der Waals surface area contributed by atoms with Gasteiger partial charge in [-0.15, -0.1) is 0 Å². The fourth-order valence-electron chi connectivity index (χ4n) is 2.71. The van der Waals surface area contributed by atoms with Crippen LogP contribution in [0.5, 0.6) is 0 Å². The molecule has 10 heteroatoms. The van der Waals surface area contributed by atoms with E-state index >= 15 is 0 Å². The van der Waals surface area contributed by atoms with Crippen molar-refractivity contribution in [1.82, 2.24) is 20.8 Å². The first-order valence-electron chi connectivity index (χ1n) is 9.95. The highest BCUT2D eigenvalue weighted by molar-refractivity contribution is 6.30. The van der Waals surface area contributed by atoms with E-state index in [1.807, 2.05) is 0 Å². The van der Waals surface area contributed by atoms with Gasteiger partial charge < -0.3 is 15.4 Å². The summed E-state index contributed by atoms with van der Waals surface area (Å²) in [6, 6.07) is 6.67. The Balaban J connectivity index is 1.34. The lowest BCUT2D eigenvalue weighted by molar-refractivity contribution is -0.198. The van der Waals surface area contributed by atoms with Crippen LogP contribution < -0.4 is 16.1 Å². The molecule has 31 heavy (non-hydrogen) atoms. The van der Waals surface area contributed by atoms with Gasteiger partial charge in [-0.2, -0.15) is 0 Å². The number of rotatable bonds is 9. The van der Waals surface area contributed by atoms with Crippen LogP contribution in [0.25, 0.3) is 6.08 Å². The van der Waals surface area contributed by atoms with E-state index in [1.54, 1.807) is 30.5 Å². The molecule has 1 unspecified atom stereocenters. The molecule has 0 aliphatic carbocycles. The topological polar surface area (TPSA) is 114 Å². The second kappa shape index (κ2) is 12.0. The number of nitrogens with zero attached hydrogens (tertiary/aromatic N) is 2. The van der Waals surface area contributed by atoms with Gasteiger partial charge in [-0.1, -0.05) is 11.6 Å². The number of anilines is 1. The average Bonchev–Trinajstić information content (AvgIpc) is 2.81. The lowest BCUT2D eigenvalue weighted by Crippen LogP contribution is -2.32. The Labute approximate surface area is 185 Å². The van der Waals surface area contributed by atoms with Crippen LogP contribution in [0.1, 0.15) is 35.3 Å². The van der Waals surface area contributed by atoms with Crippen LogP contribution in [0.4, 0.5) is 5.82 Å². The van der Waals surface area contributed by atoms with Crippen LogP contribution >= 0.6 is 11.6 Å². The Kier molecular flexibility index (Phi) is 8.77. The molecule has 0 spiro atoms. The highest BCUT2D eigenvalue weighted by atomic mass is 35.5. The Morgan fingerprint density at radius 1 is 1.16 bits per heavy atom. The molecule has 1 atom stereocenters. The Morgan fingerprint density at radius 2 is 2.00 bits per heavy atom. The third-order valence-electron chi connectivity index (χ3n) is 4.33. The van der Waals surface area contributed by atoms with E-state index in [9.17, 15) is 9.59 Å². The average molecular weight is 446 g/mol. The molecule has 2 heterocycles. The number of nitrogens with one attached hydrogen (secondary N) is 3. The molecule has 9 nitrogen and oxygen atoms in total.